The van der Waals surface area contributed by atoms with Crippen molar-refractivity contribution in [2.24, 2.45) is 0 Å². The molecular weight excluding hydrogens is 424 g/mol. The highest BCUT2D eigenvalue weighted by Gasteiger charge is 2.20. The first-order valence-electron chi connectivity index (χ1n) is 10.1. The third-order valence-corrected chi connectivity index (χ3v) is 5.70. The second-order valence-electron chi connectivity index (χ2n) is 7.27. The summed E-state index contributed by atoms with van der Waals surface area (Å²) in [6, 6.07) is 19.8. The van der Waals surface area contributed by atoms with Crippen LogP contribution in [0.4, 0.5) is 0 Å². The Bertz CT molecular complexity index is 1080. The van der Waals surface area contributed by atoms with E-state index in [1.54, 1.807) is 18.3 Å². The molecule has 3 aromatic rings. The lowest BCUT2D eigenvalue weighted by molar-refractivity contribution is -0.128. The van der Waals surface area contributed by atoms with E-state index in [0.717, 1.165) is 16.0 Å². The van der Waals surface area contributed by atoms with Crippen molar-refractivity contribution in [3.63, 3.8) is 0 Å². The highest BCUT2D eigenvalue weighted by atomic mass is 32.2. The van der Waals surface area contributed by atoms with Crippen LogP contribution in [0.1, 0.15) is 28.4 Å². The Morgan fingerprint density at radius 1 is 1.00 bits per heavy atom. The van der Waals surface area contributed by atoms with Gasteiger partial charge in [0.1, 0.15) is 5.03 Å². The zero-order chi connectivity index (χ0) is 22.9. The van der Waals surface area contributed by atoms with Crippen LogP contribution < -0.4 is 5.32 Å². The fourth-order valence-corrected chi connectivity index (χ4v) is 3.81. The second kappa shape index (κ2) is 11.2. The van der Waals surface area contributed by atoms with Gasteiger partial charge < -0.3 is 10.1 Å². The Balaban J connectivity index is 1.59. The van der Waals surface area contributed by atoms with Crippen LogP contribution in [0, 0.1) is 6.92 Å². The first-order valence-corrected chi connectivity index (χ1v) is 10.9. The maximum Gasteiger partial charge on any atom is 0.341 e. The Morgan fingerprint density at radius 2 is 1.72 bits per heavy atom. The lowest BCUT2D eigenvalue weighted by Gasteiger charge is -2.16. The molecule has 0 unspecified atom stereocenters. The molecule has 0 saturated carbocycles. The van der Waals surface area contributed by atoms with E-state index in [1.165, 1.54) is 18.7 Å². The molecule has 2 aromatic carbocycles. The van der Waals surface area contributed by atoms with Crippen LogP contribution in [-0.2, 0) is 20.7 Å². The molecule has 1 amide bonds. The van der Waals surface area contributed by atoms with Crippen LogP contribution in [0.2, 0.25) is 0 Å². The van der Waals surface area contributed by atoms with Gasteiger partial charge in [-0.25, -0.2) is 9.78 Å². The number of carbonyl (C=O) groups is 3. The number of ether oxygens (including phenoxy) is 1. The van der Waals surface area contributed by atoms with E-state index >= 15 is 0 Å². The van der Waals surface area contributed by atoms with E-state index < -0.39 is 24.5 Å². The molecule has 0 saturated heterocycles. The van der Waals surface area contributed by atoms with Crippen molar-refractivity contribution < 1.29 is 19.1 Å². The van der Waals surface area contributed by atoms with Crippen molar-refractivity contribution in [1.29, 1.82) is 0 Å². The average Bonchev–Trinajstić information content (AvgIpc) is 2.79. The summed E-state index contributed by atoms with van der Waals surface area (Å²) in [4.78, 5) is 42.1. The Hall–Kier alpha value is -3.45. The topological polar surface area (TPSA) is 85.4 Å². The number of hydrogen-bond acceptors (Lipinski definition) is 6. The minimum absolute atomic E-state index is 0.169. The molecule has 0 aliphatic carbocycles. The number of rotatable bonds is 9. The van der Waals surface area contributed by atoms with Crippen LogP contribution in [0.25, 0.3) is 0 Å². The van der Waals surface area contributed by atoms with Gasteiger partial charge in [-0.05, 0) is 50.1 Å². The Kier molecular flexibility index (Phi) is 8.16. The summed E-state index contributed by atoms with van der Waals surface area (Å²) in [5.74, 6) is -1.35. The molecule has 32 heavy (non-hydrogen) atoms. The van der Waals surface area contributed by atoms with Crippen molar-refractivity contribution in [2.75, 3.05) is 6.61 Å². The van der Waals surface area contributed by atoms with Gasteiger partial charge in [0.25, 0.3) is 5.91 Å². The van der Waals surface area contributed by atoms with E-state index in [2.05, 4.69) is 10.3 Å². The highest BCUT2D eigenvalue weighted by Crippen LogP contribution is 2.29. The third kappa shape index (κ3) is 6.78. The van der Waals surface area contributed by atoms with Crippen LogP contribution in [-0.4, -0.2) is 35.3 Å². The first kappa shape index (κ1) is 23.2. The molecule has 7 heteroatoms. The van der Waals surface area contributed by atoms with Gasteiger partial charge in [-0.2, -0.15) is 0 Å². The summed E-state index contributed by atoms with van der Waals surface area (Å²) in [5, 5.41) is 3.14. The molecule has 0 radical (unpaired) electrons. The standard InChI is InChI=1S/C25H24N2O4S/c1-17-10-12-20(13-11-17)32-24-21(9-6-14-26-24)25(30)31-16-23(29)27-22(18(2)28)15-19-7-4-3-5-8-19/h3-14,22H,15-16H2,1-2H3,(H,27,29)/t22-/m1/s1. The summed E-state index contributed by atoms with van der Waals surface area (Å²) in [6.45, 7) is 2.94. The van der Waals surface area contributed by atoms with Crippen LogP contribution in [0.3, 0.4) is 0 Å². The number of nitrogens with zero attached hydrogens (tertiary/aromatic N) is 1. The monoisotopic (exact) mass is 448 g/mol. The molecule has 0 aliphatic rings. The first-order chi connectivity index (χ1) is 15.4. The van der Waals surface area contributed by atoms with Gasteiger partial charge in [-0.15, -0.1) is 0 Å². The largest absolute Gasteiger partial charge is 0.452 e. The number of benzene rings is 2. The predicted octanol–water partition coefficient (Wildman–Crippen LogP) is 4.01. The summed E-state index contributed by atoms with van der Waals surface area (Å²) < 4.78 is 5.20. The van der Waals surface area contributed by atoms with Crippen molar-refractivity contribution in [1.82, 2.24) is 10.3 Å². The zero-order valence-electron chi connectivity index (χ0n) is 17.9. The van der Waals surface area contributed by atoms with Crippen molar-refractivity contribution in [2.45, 2.75) is 36.2 Å². The normalized spacial score (nSPS) is 11.4. The molecule has 1 heterocycles. The number of Topliss-reactive ketones (excluding diaryl/α,β-unsaturated/α-hetero) is 1. The minimum atomic E-state index is -0.686. The molecule has 3 rings (SSSR count). The number of hydrogen-bond donors (Lipinski definition) is 1. The van der Waals surface area contributed by atoms with E-state index in [-0.39, 0.29) is 11.3 Å². The number of nitrogens with one attached hydrogen (secondary N) is 1. The lowest BCUT2D eigenvalue weighted by atomic mass is 10.0. The van der Waals surface area contributed by atoms with Crippen LogP contribution in [0.15, 0.2) is 82.8 Å². The third-order valence-electron chi connectivity index (χ3n) is 4.67. The van der Waals surface area contributed by atoms with Gasteiger partial charge in [0.2, 0.25) is 0 Å². The maximum atomic E-state index is 12.6. The molecular formula is C25H24N2O4S. The molecule has 1 N–H and O–H groups in total. The fourth-order valence-electron chi connectivity index (χ4n) is 2.94. The Morgan fingerprint density at radius 3 is 2.41 bits per heavy atom. The number of aryl methyl sites for hydroxylation is 1. The molecule has 1 atom stereocenters. The maximum absolute atomic E-state index is 12.6. The van der Waals surface area contributed by atoms with Gasteiger partial charge >= 0.3 is 5.97 Å². The van der Waals surface area contributed by atoms with E-state index in [0.29, 0.717) is 11.4 Å². The number of carbonyl (C=O) groups excluding carboxylic acids is 3. The highest BCUT2D eigenvalue weighted by molar-refractivity contribution is 7.99. The number of ketones is 1. The van der Waals surface area contributed by atoms with E-state index in [9.17, 15) is 14.4 Å². The molecule has 1 aromatic heterocycles. The molecule has 0 spiro atoms. The van der Waals surface area contributed by atoms with Crippen molar-refractivity contribution in [3.05, 3.63) is 89.6 Å². The Labute approximate surface area is 191 Å². The lowest BCUT2D eigenvalue weighted by Crippen LogP contribution is -2.43. The SMILES string of the molecule is CC(=O)[C@@H](Cc1ccccc1)NC(=O)COC(=O)c1cccnc1Sc1ccc(C)cc1. The smallest absolute Gasteiger partial charge is 0.341 e. The molecule has 164 valence electrons. The van der Waals surface area contributed by atoms with Crippen molar-refractivity contribution >= 4 is 29.4 Å². The van der Waals surface area contributed by atoms with Gasteiger partial charge in [-0.3, -0.25) is 9.59 Å². The van der Waals surface area contributed by atoms with Gasteiger partial charge in [0.05, 0.1) is 11.6 Å². The second-order valence-corrected chi connectivity index (χ2v) is 8.33. The van der Waals surface area contributed by atoms with Gasteiger partial charge in [0, 0.05) is 11.1 Å². The zero-order valence-corrected chi connectivity index (χ0v) is 18.7. The summed E-state index contributed by atoms with van der Waals surface area (Å²) in [5.41, 5.74) is 2.34. The van der Waals surface area contributed by atoms with Gasteiger partial charge in [-0.1, -0.05) is 59.8 Å². The molecule has 0 fully saturated rings. The number of amides is 1. The van der Waals surface area contributed by atoms with E-state index in [1.807, 2.05) is 61.5 Å². The number of esters is 1. The molecule has 0 bridgehead atoms. The number of aromatic nitrogens is 1. The van der Waals surface area contributed by atoms with E-state index in [4.69, 9.17) is 4.74 Å². The minimum Gasteiger partial charge on any atom is -0.452 e. The average molecular weight is 449 g/mol. The van der Waals surface area contributed by atoms with Gasteiger partial charge in [0.15, 0.2) is 12.4 Å². The van der Waals surface area contributed by atoms with Crippen LogP contribution in [0.5, 0.6) is 0 Å². The predicted molar refractivity (Wildman–Crippen MR) is 123 cm³/mol. The summed E-state index contributed by atoms with van der Waals surface area (Å²) in [7, 11) is 0. The van der Waals surface area contributed by atoms with Crippen molar-refractivity contribution in [3.8, 4) is 0 Å². The summed E-state index contributed by atoms with van der Waals surface area (Å²) in [6.07, 6.45) is 1.97. The van der Waals surface area contributed by atoms with Crippen LogP contribution >= 0.6 is 11.8 Å². The summed E-state index contributed by atoms with van der Waals surface area (Å²) >= 11 is 1.34. The molecule has 6 nitrogen and oxygen atoms in total. The number of pyridine rings is 1. The fraction of sp³-hybridized carbons (Fsp3) is 0.200. The molecule has 0 aliphatic heterocycles. The quantitative estimate of drug-likeness (QED) is 0.498.